The third kappa shape index (κ3) is 3.70. The van der Waals surface area contributed by atoms with Gasteiger partial charge in [0.15, 0.2) is 5.16 Å². The second kappa shape index (κ2) is 8.33. The van der Waals surface area contributed by atoms with E-state index in [-0.39, 0.29) is 11.4 Å². The predicted molar refractivity (Wildman–Crippen MR) is 107 cm³/mol. The molecule has 1 aromatic carbocycles. The van der Waals surface area contributed by atoms with Crippen LogP contribution in [0.3, 0.4) is 0 Å². The fourth-order valence-electron chi connectivity index (χ4n) is 2.87. The van der Waals surface area contributed by atoms with E-state index in [4.69, 9.17) is 9.72 Å². The van der Waals surface area contributed by atoms with Crippen molar-refractivity contribution >= 4 is 33.3 Å². The SMILES string of the molecule is CCOCCSc1nc2sc(C)c(-c3ccc(F)cc3)c2c(=O)n1CC. The number of halogens is 1. The van der Waals surface area contributed by atoms with Crippen molar-refractivity contribution in [3.63, 3.8) is 0 Å². The fraction of sp³-hybridized carbons (Fsp3) is 0.368. The molecule has 3 aromatic rings. The van der Waals surface area contributed by atoms with Gasteiger partial charge in [0, 0.05) is 29.3 Å². The molecule has 0 saturated carbocycles. The zero-order chi connectivity index (χ0) is 18.7. The van der Waals surface area contributed by atoms with Gasteiger partial charge >= 0.3 is 0 Å². The van der Waals surface area contributed by atoms with Gasteiger partial charge < -0.3 is 4.74 Å². The first-order valence-electron chi connectivity index (χ1n) is 8.57. The second-order valence-electron chi connectivity index (χ2n) is 5.71. The van der Waals surface area contributed by atoms with Gasteiger partial charge in [-0.2, -0.15) is 0 Å². The van der Waals surface area contributed by atoms with Crippen molar-refractivity contribution in [3.05, 3.63) is 45.3 Å². The molecule has 0 radical (unpaired) electrons. The van der Waals surface area contributed by atoms with E-state index >= 15 is 0 Å². The molecule has 0 amide bonds. The van der Waals surface area contributed by atoms with E-state index in [1.807, 2.05) is 20.8 Å². The molecule has 4 nitrogen and oxygen atoms in total. The van der Waals surface area contributed by atoms with Crippen LogP contribution in [0.15, 0.2) is 34.2 Å². The van der Waals surface area contributed by atoms with Gasteiger partial charge in [-0.1, -0.05) is 23.9 Å². The number of aryl methyl sites for hydroxylation is 1. The molecule has 7 heteroatoms. The third-order valence-electron chi connectivity index (χ3n) is 4.06. The molecule has 0 aliphatic carbocycles. The Hall–Kier alpha value is -1.70. The first-order chi connectivity index (χ1) is 12.6. The summed E-state index contributed by atoms with van der Waals surface area (Å²) in [6.45, 7) is 7.74. The Labute approximate surface area is 160 Å². The van der Waals surface area contributed by atoms with Crippen molar-refractivity contribution < 1.29 is 9.13 Å². The van der Waals surface area contributed by atoms with Crippen LogP contribution in [0.25, 0.3) is 21.3 Å². The summed E-state index contributed by atoms with van der Waals surface area (Å²) in [5.41, 5.74) is 1.66. The lowest BCUT2D eigenvalue weighted by molar-refractivity contribution is 0.164. The molecule has 0 bridgehead atoms. The Balaban J connectivity index is 2.11. The van der Waals surface area contributed by atoms with Crippen LogP contribution < -0.4 is 5.56 Å². The average molecular weight is 393 g/mol. The van der Waals surface area contributed by atoms with E-state index in [1.165, 1.54) is 35.2 Å². The number of hydrogen-bond acceptors (Lipinski definition) is 5. The molecule has 0 saturated heterocycles. The minimum Gasteiger partial charge on any atom is -0.381 e. The molecular formula is C19H21FN2O2S2. The molecule has 3 rings (SSSR count). The molecule has 0 aliphatic heterocycles. The summed E-state index contributed by atoms with van der Waals surface area (Å²) in [4.78, 5) is 19.6. The number of thioether (sulfide) groups is 1. The molecular weight excluding hydrogens is 371 g/mol. The van der Waals surface area contributed by atoms with Crippen molar-refractivity contribution in [3.8, 4) is 11.1 Å². The van der Waals surface area contributed by atoms with Crippen LogP contribution in [0.5, 0.6) is 0 Å². The highest BCUT2D eigenvalue weighted by molar-refractivity contribution is 7.99. The monoisotopic (exact) mass is 392 g/mol. The molecule has 0 spiro atoms. The molecule has 0 aliphatic rings. The number of hydrogen-bond donors (Lipinski definition) is 0. The Morgan fingerprint density at radius 1 is 1.27 bits per heavy atom. The highest BCUT2D eigenvalue weighted by Crippen LogP contribution is 2.36. The minimum absolute atomic E-state index is 0.0416. The maximum atomic E-state index is 13.3. The molecule has 0 atom stereocenters. The molecule has 0 unspecified atom stereocenters. The van der Waals surface area contributed by atoms with Crippen molar-refractivity contribution in [2.45, 2.75) is 32.5 Å². The van der Waals surface area contributed by atoms with Crippen molar-refractivity contribution in [1.82, 2.24) is 9.55 Å². The number of nitrogens with zero attached hydrogens (tertiary/aromatic N) is 2. The molecule has 0 N–H and O–H groups in total. The number of ether oxygens (including phenoxy) is 1. The quantitative estimate of drug-likeness (QED) is 0.331. The third-order valence-corrected chi connectivity index (χ3v) is 6.00. The lowest BCUT2D eigenvalue weighted by Crippen LogP contribution is -2.22. The highest BCUT2D eigenvalue weighted by atomic mass is 32.2. The summed E-state index contributed by atoms with van der Waals surface area (Å²) in [6.07, 6.45) is 0. The molecule has 138 valence electrons. The maximum absolute atomic E-state index is 13.3. The van der Waals surface area contributed by atoms with E-state index in [0.29, 0.717) is 25.1 Å². The van der Waals surface area contributed by atoms with Crippen molar-refractivity contribution in [1.29, 1.82) is 0 Å². The summed E-state index contributed by atoms with van der Waals surface area (Å²) < 4.78 is 20.4. The van der Waals surface area contributed by atoms with E-state index in [1.54, 1.807) is 16.7 Å². The molecule has 2 heterocycles. The summed E-state index contributed by atoms with van der Waals surface area (Å²) >= 11 is 3.04. The highest BCUT2D eigenvalue weighted by Gasteiger charge is 2.19. The van der Waals surface area contributed by atoms with E-state index in [2.05, 4.69) is 0 Å². The van der Waals surface area contributed by atoms with Gasteiger partial charge in [-0.05, 0) is 38.5 Å². The van der Waals surface area contributed by atoms with Gasteiger partial charge in [0.1, 0.15) is 10.6 Å². The Morgan fingerprint density at radius 2 is 2.00 bits per heavy atom. The maximum Gasteiger partial charge on any atom is 0.263 e. The first-order valence-corrected chi connectivity index (χ1v) is 10.4. The molecule has 0 fully saturated rings. The number of thiophene rings is 1. The number of aromatic nitrogens is 2. The smallest absolute Gasteiger partial charge is 0.263 e. The van der Waals surface area contributed by atoms with Crippen molar-refractivity contribution in [2.75, 3.05) is 19.0 Å². The van der Waals surface area contributed by atoms with E-state index < -0.39 is 0 Å². The summed E-state index contributed by atoms with van der Waals surface area (Å²) in [5.74, 6) is 0.462. The van der Waals surface area contributed by atoms with Crippen LogP contribution in [-0.4, -0.2) is 28.5 Å². The number of fused-ring (bicyclic) bond motifs is 1. The van der Waals surface area contributed by atoms with Gasteiger partial charge in [-0.25, -0.2) is 9.37 Å². The Kier molecular flexibility index (Phi) is 6.11. The Morgan fingerprint density at radius 3 is 2.65 bits per heavy atom. The van der Waals surface area contributed by atoms with Crippen LogP contribution in [0.2, 0.25) is 0 Å². The zero-order valence-electron chi connectivity index (χ0n) is 15.0. The zero-order valence-corrected chi connectivity index (χ0v) is 16.7. The topological polar surface area (TPSA) is 44.1 Å². The van der Waals surface area contributed by atoms with Crippen LogP contribution in [0.4, 0.5) is 4.39 Å². The van der Waals surface area contributed by atoms with E-state index in [0.717, 1.165) is 31.7 Å². The van der Waals surface area contributed by atoms with Gasteiger partial charge in [0.05, 0.1) is 12.0 Å². The standard InChI is InChI=1S/C19H21FN2O2S2/c1-4-22-18(23)16-15(13-6-8-14(20)9-7-13)12(3)26-17(16)21-19(22)25-11-10-24-5-2/h6-9H,4-5,10-11H2,1-3H3. The lowest BCUT2D eigenvalue weighted by atomic mass is 10.0. The average Bonchev–Trinajstić information content (AvgIpc) is 2.96. The predicted octanol–water partition coefficient (Wildman–Crippen LogP) is 4.72. The van der Waals surface area contributed by atoms with Gasteiger partial charge in [-0.15, -0.1) is 11.3 Å². The normalized spacial score (nSPS) is 11.4. The van der Waals surface area contributed by atoms with Gasteiger partial charge in [0.25, 0.3) is 5.56 Å². The summed E-state index contributed by atoms with van der Waals surface area (Å²) in [6, 6.07) is 6.26. The Bertz CT molecular complexity index is 964. The number of benzene rings is 1. The molecule has 2 aromatic heterocycles. The minimum atomic E-state index is -0.289. The largest absolute Gasteiger partial charge is 0.381 e. The van der Waals surface area contributed by atoms with Crippen LogP contribution in [0, 0.1) is 12.7 Å². The number of rotatable bonds is 7. The first kappa shape index (κ1) is 19.1. The van der Waals surface area contributed by atoms with Crippen LogP contribution in [-0.2, 0) is 11.3 Å². The van der Waals surface area contributed by atoms with Gasteiger partial charge in [0.2, 0.25) is 0 Å². The second-order valence-corrected chi connectivity index (χ2v) is 7.97. The van der Waals surface area contributed by atoms with Gasteiger partial charge in [-0.3, -0.25) is 9.36 Å². The fourth-order valence-corrected chi connectivity index (χ4v) is 4.87. The van der Waals surface area contributed by atoms with Crippen molar-refractivity contribution in [2.24, 2.45) is 0 Å². The summed E-state index contributed by atoms with van der Waals surface area (Å²) in [7, 11) is 0. The van der Waals surface area contributed by atoms with E-state index in [9.17, 15) is 9.18 Å². The summed E-state index contributed by atoms with van der Waals surface area (Å²) in [5, 5.41) is 1.34. The van der Waals surface area contributed by atoms with Crippen LogP contribution in [0.1, 0.15) is 18.7 Å². The lowest BCUT2D eigenvalue weighted by Gasteiger charge is -2.10. The molecule has 26 heavy (non-hydrogen) atoms. The van der Waals surface area contributed by atoms with Crippen LogP contribution >= 0.6 is 23.1 Å².